The molecule has 0 spiro atoms. The van der Waals surface area contributed by atoms with Crippen molar-refractivity contribution < 1.29 is 0 Å². The van der Waals surface area contributed by atoms with E-state index in [9.17, 15) is 0 Å². The summed E-state index contributed by atoms with van der Waals surface area (Å²) in [5.41, 5.74) is 3.21. The molecule has 0 atom stereocenters. The number of rotatable bonds is 2. The Hall–Kier alpha value is -1.16. The molecule has 3 nitrogen and oxygen atoms in total. The molecule has 0 N–H and O–H groups in total. The van der Waals surface area contributed by atoms with E-state index in [4.69, 9.17) is 0 Å². The van der Waals surface area contributed by atoms with Crippen LogP contribution in [0, 0.1) is 6.92 Å². The summed E-state index contributed by atoms with van der Waals surface area (Å²) in [6.45, 7) is 2.06. The number of para-hydroxylation sites is 1. The highest BCUT2D eigenvalue weighted by molar-refractivity contribution is 9.08. The number of benzene rings is 1. The largest absolute Gasteiger partial charge is 0.220 e. The molecule has 0 aliphatic heterocycles. The van der Waals surface area contributed by atoms with Crippen molar-refractivity contribution in [3.63, 3.8) is 0 Å². The number of aromatic nitrogens is 3. The van der Waals surface area contributed by atoms with Crippen molar-refractivity contribution in [1.29, 1.82) is 0 Å². The van der Waals surface area contributed by atoms with E-state index in [2.05, 4.69) is 39.2 Å². The van der Waals surface area contributed by atoms with Gasteiger partial charge in [0.1, 0.15) is 0 Å². The highest BCUT2D eigenvalue weighted by atomic mass is 79.9. The first kappa shape index (κ1) is 9.40. The maximum Gasteiger partial charge on any atom is 0.0937 e. The minimum absolute atomic E-state index is 0.735. The van der Waals surface area contributed by atoms with Crippen molar-refractivity contribution in [3.05, 3.63) is 41.7 Å². The molecule has 14 heavy (non-hydrogen) atoms. The van der Waals surface area contributed by atoms with Crippen molar-refractivity contribution in [2.45, 2.75) is 12.3 Å². The zero-order chi connectivity index (χ0) is 9.97. The van der Waals surface area contributed by atoms with Crippen LogP contribution in [0.15, 0.2) is 30.5 Å². The molecular formula is C10H10BrN3. The van der Waals surface area contributed by atoms with E-state index in [0.29, 0.717) is 0 Å². The quantitative estimate of drug-likeness (QED) is 0.768. The smallest absolute Gasteiger partial charge is 0.0937 e. The second-order valence-electron chi connectivity index (χ2n) is 3.07. The number of aryl methyl sites for hydroxylation is 1. The molecule has 2 rings (SSSR count). The van der Waals surface area contributed by atoms with Crippen LogP contribution < -0.4 is 0 Å². The lowest BCUT2D eigenvalue weighted by atomic mass is 10.2. The molecule has 0 saturated heterocycles. The predicted octanol–water partition coefficient (Wildman–Crippen LogP) is 2.47. The van der Waals surface area contributed by atoms with E-state index in [1.54, 1.807) is 4.68 Å². The number of halogens is 1. The Morgan fingerprint density at radius 1 is 1.36 bits per heavy atom. The van der Waals surface area contributed by atoms with E-state index < -0.39 is 0 Å². The highest BCUT2D eigenvalue weighted by Gasteiger charge is 2.02. The predicted molar refractivity (Wildman–Crippen MR) is 58.7 cm³/mol. The van der Waals surface area contributed by atoms with Crippen molar-refractivity contribution in [2.75, 3.05) is 0 Å². The van der Waals surface area contributed by atoms with Crippen LogP contribution in [0.1, 0.15) is 11.3 Å². The van der Waals surface area contributed by atoms with Gasteiger partial charge in [0.15, 0.2) is 0 Å². The summed E-state index contributed by atoms with van der Waals surface area (Å²) in [5.74, 6) is 0. The summed E-state index contributed by atoms with van der Waals surface area (Å²) < 4.78 is 1.80. The average molecular weight is 252 g/mol. The molecule has 1 aromatic carbocycles. The molecule has 1 heterocycles. The molecule has 0 unspecified atom stereocenters. The molecule has 0 radical (unpaired) electrons. The summed E-state index contributed by atoms with van der Waals surface area (Å²) >= 11 is 3.35. The number of nitrogens with zero attached hydrogens (tertiary/aromatic N) is 3. The van der Waals surface area contributed by atoms with Crippen LogP contribution in [-0.4, -0.2) is 15.0 Å². The zero-order valence-electron chi connectivity index (χ0n) is 7.81. The van der Waals surface area contributed by atoms with Crippen molar-refractivity contribution >= 4 is 15.9 Å². The SMILES string of the molecule is Cc1ccccc1-n1cc(CBr)nn1. The van der Waals surface area contributed by atoms with Gasteiger partial charge in [-0.15, -0.1) is 5.10 Å². The summed E-state index contributed by atoms with van der Waals surface area (Å²) in [5, 5.41) is 8.81. The van der Waals surface area contributed by atoms with Crippen LogP contribution >= 0.6 is 15.9 Å². The van der Waals surface area contributed by atoms with Gasteiger partial charge in [-0.3, -0.25) is 0 Å². The molecule has 2 aromatic rings. The molecule has 0 bridgehead atoms. The minimum atomic E-state index is 0.735. The Morgan fingerprint density at radius 2 is 2.14 bits per heavy atom. The third-order valence-corrected chi connectivity index (χ3v) is 2.61. The summed E-state index contributed by atoms with van der Waals surface area (Å²) in [6, 6.07) is 8.10. The minimum Gasteiger partial charge on any atom is -0.220 e. The lowest BCUT2D eigenvalue weighted by Crippen LogP contribution is -1.96. The van der Waals surface area contributed by atoms with E-state index in [0.717, 1.165) is 16.7 Å². The second-order valence-corrected chi connectivity index (χ2v) is 3.64. The summed E-state index contributed by atoms with van der Waals surface area (Å²) in [7, 11) is 0. The van der Waals surface area contributed by atoms with Gasteiger partial charge in [0.2, 0.25) is 0 Å². The molecule has 0 amide bonds. The van der Waals surface area contributed by atoms with Gasteiger partial charge in [-0.1, -0.05) is 39.3 Å². The van der Waals surface area contributed by atoms with Crippen molar-refractivity contribution in [2.24, 2.45) is 0 Å². The lowest BCUT2D eigenvalue weighted by Gasteiger charge is -2.02. The van der Waals surface area contributed by atoms with E-state index in [-0.39, 0.29) is 0 Å². The van der Waals surface area contributed by atoms with Gasteiger partial charge < -0.3 is 0 Å². The maximum atomic E-state index is 4.05. The summed E-state index contributed by atoms with van der Waals surface area (Å²) in [4.78, 5) is 0. The molecule has 0 fully saturated rings. The lowest BCUT2D eigenvalue weighted by molar-refractivity contribution is 0.796. The third kappa shape index (κ3) is 1.70. The van der Waals surface area contributed by atoms with Crippen LogP contribution in [0.2, 0.25) is 0 Å². The molecule has 72 valence electrons. The van der Waals surface area contributed by atoms with Crippen LogP contribution in [0.5, 0.6) is 0 Å². The van der Waals surface area contributed by atoms with E-state index in [1.165, 1.54) is 5.56 Å². The number of hydrogen-bond acceptors (Lipinski definition) is 2. The first-order valence-corrected chi connectivity index (χ1v) is 5.46. The van der Waals surface area contributed by atoms with Crippen LogP contribution in [0.3, 0.4) is 0 Å². The molecule has 0 aliphatic rings. The van der Waals surface area contributed by atoms with Crippen LogP contribution in [0.4, 0.5) is 0 Å². The van der Waals surface area contributed by atoms with Crippen LogP contribution in [-0.2, 0) is 5.33 Å². The Labute approximate surface area is 90.9 Å². The Morgan fingerprint density at radius 3 is 2.79 bits per heavy atom. The standard InChI is InChI=1S/C10H10BrN3/c1-8-4-2-3-5-10(8)14-7-9(6-11)12-13-14/h2-5,7H,6H2,1H3. The van der Waals surface area contributed by atoms with Gasteiger partial charge in [0.05, 0.1) is 17.6 Å². The fourth-order valence-corrected chi connectivity index (χ4v) is 1.55. The Balaban J connectivity index is 2.44. The van der Waals surface area contributed by atoms with Gasteiger partial charge in [-0.2, -0.15) is 0 Å². The molecule has 4 heteroatoms. The molecular weight excluding hydrogens is 242 g/mol. The average Bonchev–Trinajstić information content (AvgIpc) is 2.67. The monoisotopic (exact) mass is 251 g/mol. The fraction of sp³-hybridized carbons (Fsp3) is 0.200. The number of alkyl halides is 1. The Kier molecular flexibility index (Phi) is 2.63. The second kappa shape index (κ2) is 3.92. The zero-order valence-corrected chi connectivity index (χ0v) is 9.40. The fourth-order valence-electron chi connectivity index (χ4n) is 1.30. The highest BCUT2D eigenvalue weighted by Crippen LogP contribution is 2.12. The van der Waals surface area contributed by atoms with Crippen LogP contribution in [0.25, 0.3) is 5.69 Å². The molecule has 1 aromatic heterocycles. The van der Waals surface area contributed by atoms with Gasteiger partial charge in [-0.25, -0.2) is 4.68 Å². The van der Waals surface area contributed by atoms with Gasteiger partial charge in [-0.05, 0) is 18.6 Å². The number of hydrogen-bond donors (Lipinski definition) is 0. The van der Waals surface area contributed by atoms with Gasteiger partial charge in [0.25, 0.3) is 0 Å². The normalized spacial score (nSPS) is 10.4. The van der Waals surface area contributed by atoms with Crippen molar-refractivity contribution in [1.82, 2.24) is 15.0 Å². The van der Waals surface area contributed by atoms with Crippen molar-refractivity contribution in [3.8, 4) is 5.69 Å². The maximum absolute atomic E-state index is 4.05. The van der Waals surface area contributed by atoms with E-state index in [1.807, 2.05) is 24.4 Å². The Bertz CT molecular complexity index is 436. The summed E-state index contributed by atoms with van der Waals surface area (Å²) in [6.07, 6.45) is 1.93. The first-order valence-electron chi connectivity index (χ1n) is 4.34. The molecule has 0 aliphatic carbocycles. The first-order chi connectivity index (χ1) is 6.81. The van der Waals surface area contributed by atoms with Gasteiger partial charge >= 0.3 is 0 Å². The topological polar surface area (TPSA) is 30.7 Å². The third-order valence-electron chi connectivity index (χ3n) is 2.04. The molecule has 0 saturated carbocycles. The van der Waals surface area contributed by atoms with Gasteiger partial charge in [0, 0.05) is 5.33 Å². The van der Waals surface area contributed by atoms with E-state index >= 15 is 0 Å².